The summed E-state index contributed by atoms with van der Waals surface area (Å²) in [7, 11) is 0. The number of aliphatic hydroxyl groups is 1. The average molecular weight is 500 g/mol. The Balaban J connectivity index is 1.54. The number of aliphatic carboxylic acids is 1. The molecule has 5 rings (SSSR count). The summed E-state index contributed by atoms with van der Waals surface area (Å²) in [4.78, 5) is 43.3. The van der Waals surface area contributed by atoms with Gasteiger partial charge in [-0.25, -0.2) is 4.68 Å². The number of hydrogen-bond donors (Lipinski definition) is 2. The first-order valence-corrected chi connectivity index (χ1v) is 12.7. The van der Waals surface area contributed by atoms with Crippen LogP contribution in [0.4, 0.5) is 0 Å². The van der Waals surface area contributed by atoms with Crippen molar-refractivity contribution in [3.63, 3.8) is 0 Å². The monoisotopic (exact) mass is 499 g/mol. The maximum Gasteiger partial charge on any atom is 0.308 e. The molecule has 3 fully saturated rings. The molecule has 2 aromatic rings. The molecule has 11 heteroatoms. The zero-order valence-electron chi connectivity index (χ0n) is 19.5. The number of para-hydroxylation sites is 1. The fourth-order valence-corrected chi connectivity index (χ4v) is 8.70. The van der Waals surface area contributed by atoms with Crippen molar-refractivity contribution >= 4 is 40.6 Å². The van der Waals surface area contributed by atoms with Crippen LogP contribution < -0.4 is 0 Å². The van der Waals surface area contributed by atoms with E-state index in [1.165, 1.54) is 16.7 Å². The SMILES string of the molecule is C=CCN(Cn1nnc2ccccc21)C(=O)C1N(CCCO)C(=O)[C@@H]2[C@@H](C(=O)O)[C@H]3CC(C)C12S3. The molecule has 6 atom stereocenters. The van der Waals surface area contributed by atoms with Gasteiger partial charge in [-0.2, -0.15) is 0 Å². The van der Waals surface area contributed by atoms with Crippen molar-refractivity contribution < 1.29 is 24.6 Å². The van der Waals surface area contributed by atoms with Crippen molar-refractivity contribution in [1.82, 2.24) is 24.8 Å². The van der Waals surface area contributed by atoms with E-state index >= 15 is 0 Å². The predicted molar refractivity (Wildman–Crippen MR) is 129 cm³/mol. The van der Waals surface area contributed by atoms with E-state index in [-0.39, 0.29) is 49.3 Å². The molecular formula is C24H29N5O5S. The number of aliphatic hydroxyl groups excluding tert-OH is 1. The van der Waals surface area contributed by atoms with Gasteiger partial charge < -0.3 is 20.0 Å². The molecule has 35 heavy (non-hydrogen) atoms. The van der Waals surface area contributed by atoms with Gasteiger partial charge in [0.05, 0.1) is 22.1 Å². The number of nitrogens with zero attached hydrogens (tertiary/aromatic N) is 5. The van der Waals surface area contributed by atoms with Gasteiger partial charge in [-0.3, -0.25) is 14.4 Å². The zero-order chi connectivity index (χ0) is 24.9. The highest BCUT2D eigenvalue weighted by atomic mass is 32.2. The Kier molecular flexibility index (Phi) is 6.08. The van der Waals surface area contributed by atoms with E-state index in [0.717, 1.165) is 5.52 Å². The van der Waals surface area contributed by atoms with Crippen molar-refractivity contribution in [2.45, 2.75) is 42.5 Å². The minimum atomic E-state index is -0.984. The first kappa shape index (κ1) is 23.8. The number of carboxylic acid groups (broad SMARTS) is 1. The van der Waals surface area contributed by atoms with Crippen molar-refractivity contribution in [2.24, 2.45) is 17.8 Å². The van der Waals surface area contributed by atoms with Gasteiger partial charge in [0.15, 0.2) is 0 Å². The molecule has 10 nitrogen and oxygen atoms in total. The Labute approximate surface area is 206 Å². The number of amides is 2. The van der Waals surface area contributed by atoms with Crippen LogP contribution in [0.5, 0.6) is 0 Å². The van der Waals surface area contributed by atoms with Crippen LogP contribution in [0.15, 0.2) is 36.9 Å². The van der Waals surface area contributed by atoms with E-state index < -0.39 is 28.6 Å². The van der Waals surface area contributed by atoms with Crippen LogP contribution in [0.2, 0.25) is 0 Å². The molecule has 0 radical (unpaired) electrons. The van der Waals surface area contributed by atoms with Crippen molar-refractivity contribution in [3.8, 4) is 0 Å². The Morgan fingerprint density at radius 1 is 1.37 bits per heavy atom. The maximum absolute atomic E-state index is 14.3. The second-order valence-electron chi connectivity index (χ2n) is 9.57. The van der Waals surface area contributed by atoms with Crippen LogP contribution in [0.25, 0.3) is 11.0 Å². The third kappa shape index (κ3) is 3.47. The van der Waals surface area contributed by atoms with Gasteiger partial charge in [0.2, 0.25) is 11.8 Å². The second-order valence-corrected chi connectivity index (χ2v) is 11.1. The maximum atomic E-state index is 14.3. The van der Waals surface area contributed by atoms with E-state index in [1.807, 2.05) is 31.2 Å². The number of benzene rings is 1. The summed E-state index contributed by atoms with van der Waals surface area (Å²) in [5.41, 5.74) is 1.49. The number of hydrogen-bond acceptors (Lipinski definition) is 7. The lowest BCUT2D eigenvalue weighted by Crippen LogP contribution is -2.57. The van der Waals surface area contributed by atoms with Crippen LogP contribution in [0.1, 0.15) is 19.8 Å². The molecule has 3 aliphatic rings. The summed E-state index contributed by atoms with van der Waals surface area (Å²) in [6.07, 6.45) is 2.59. The number of likely N-dealkylation sites (tertiary alicyclic amines) is 1. The number of aromatic nitrogens is 3. The summed E-state index contributed by atoms with van der Waals surface area (Å²) in [5.74, 6) is -3.12. The smallest absolute Gasteiger partial charge is 0.308 e. The van der Waals surface area contributed by atoms with Crippen molar-refractivity contribution in [2.75, 3.05) is 19.7 Å². The van der Waals surface area contributed by atoms with Gasteiger partial charge >= 0.3 is 5.97 Å². The fraction of sp³-hybridized carbons (Fsp3) is 0.542. The summed E-state index contributed by atoms with van der Waals surface area (Å²) >= 11 is 1.50. The van der Waals surface area contributed by atoms with Crippen LogP contribution >= 0.6 is 11.8 Å². The van der Waals surface area contributed by atoms with Crippen molar-refractivity contribution in [3.05, 3.63) is 36.9 Å². The highest BCUT2D eigenvalue weighted by Crippen LogP contribution is 2.68. The van der Waals surface area contributed by atoms with Gasteiger partial charge in [-0.15, -0.1) is 23.4 Å². The van der Waals surface area contributed by atoms with Crippen LogP contribution in [0, 0.1) is 17.8 Å². The minimum Gasteiger partial charge on any atom is -0.481 e. The van der Waals surface area contributed by atoms with Gasteiger partial charge in [0.1, 0.15) is 18.2 Å². The molecule has 1 aromatic heterocycles. The normalized spacial score (nSPS) is 31.2. The largest absolute Gasteiger partial charge is 0.481 e. The molecule has 4 heterocycles. The standard InChI is InChI=1S/C24H29N5O5S/c1-3-9-27(13-29-16-8-5-4-7-15(16)25-26-29)22(32)20-24-14(2)12-17(35-24)18(23(33)34)19(24)21(31)28(20)10-6-11-30/h3-5,7-8,14,17-20,30H,1,6,9-13H2,2H3,(H,33,34)/t14?,17-,18+,19+,20?,24?/m1/s1. The number of carboxylic acids is 1. The second kappa shape index (κ2) is 8.94. The lowest BCUT2D eigenvalue weighted by molar-refractivity contribution is -0.149. The van der Waals surface area contributed by atoms with Gasteiger partial charge in [0, 0.05) is 24.9 Å². The Morgan fingerprint density at radius 3 is 2.86 bits per heavy atom. The third-order valence-corrected chi connectivity index (χ3v) is 9.78. The van der Waals surface area contributed by atoms with E-state index in [0.29, 0.717) is 18.4 Å². The number of thioether (sulfide) groups is 1. The van der Waals surface area contributed by atoms with Gasteiger partial charge in [-0.1, -0.05) is 30.3 Å². The number of carbonyl (C=O) groups excluding carboxylic acids is 2. The molecule has 3 saturated heterocycles. The molecular weight excluding hydrogens is 470 g/mol. The summed E-state index contributed by atoms with van der Waals surface area (Å²) < 4.78 is 0.824. The molecule has 1 spiro atoms. The topological polar surface area (TPSA) is 129 Å². The van der Waals surface area contributed by atoms with Gasteiger partial charge in [-0.05, 0) is 30.9 Å². The van der Waals surface area contributed by atoms with Gasteiger partial charge in [0.25, 0.3) is 0 Å². The zero-order valence-corrected chi connectivity index (χ0v) is 20.3. The van der Waals surface area contributed by atoms with Crippen LogP contribution in [0.3, 0.4) is 0 Å². The predicted octanol–water partition coefficient (Wildman–Crippen LogP) is 1.21. The highest BCUT2D eigenvalue weighted by molar-refractivity contribution is 8.02. The third-order valence-electron chi connectivity index (χ3n) is 7.71. The lowest BCUT2D eigenvalue weighted by Gasteiger charge is -2.40. The Hall–Kier alpha value is -2.92. The first-order chi connectivity index (χ1) is 16.8. The van der Waals surface area contributed by atoms with Crippen LogP contribution in [-0.4, -0.2) is 88.5 Å². The average Bonchev–Trinajstić information content (AvgIpc) is 3.55. The highest BCUT2D eigenvalue weighted by Gasteiger charge is 2.76. The molecule has 186 valence electrons. The molecule has 0 aliphatic carbocycles. The summed E-state index contributed by atoms with van der Waals surface area (Å²) in [6, 6.07) is 6.64. The summed E-state index contributed by atoms with van der Waals surface area (Å²) in [5, 5.41) is 27.6. The Bertz CT molecular complexity index is 1190. The molecule has 3 unspecified atom stereocenters. The quantitative estimate of drug-likeness (QED) is 0.493. The number of carbonyl (C=O) groups is 3. The Morgan fingerprint density at radius 2 is 2.14 bits per heavy atom. The van der Waals surface area contributed by atoms with E-state index in [4.69, 9.17) is 0 Å². The summed E-state index contributed by atoms with van der Waals surface area (Å²) in [6.45, 7) is 6.25. The molecule has 2 bridgehead atoms. The fourth-order valence-electron chi connectivity index (χ4n) is 6.29. The van der Waals surface area contributed by atoms with Crippen LogP contribution in [-0.2, 0) is 21.1 Å². The molecule has 2 amide bonds. The van der Waals surface area contributed by atoms with E-state index in [2.05, 4.69) is 16.9 Å². The first-order valence-electron chi connectivity index (χ1n) is 11.8. The molecule has 2 N–H and O–H groups in total. The van der Waals surface area contributed by atoms with E-state index in [1.54, 1.807) is 15.7 Å². The molecule has 0 saturated carbocycles. The minimum absolute atomic E-state index is 0.00657. The molecule has 3 aliphatic heterocycles. The number of fused-ring (bicyclic) bond motifs is 2. The van der Waals surface area contributed by atoms with Crippen molar-refractivity contribution in [1.29, 1.82) is 0 Å². The number of rotatable bonds is 9. The molecule has 1 aromatic carbocycles. The van der Waals surface area contributed by atoms with E-state index in [9.17, 15) is 24.6 Å². The lowest BCUT2D eigenvalue weighted by atomic mass is 9.66.